The van der Waals surface area contributed by atoms with E-state index >= 15 is 0 Å². The largest absolute Gasteiger partial charge is 0.488 e. The van der Waals surface area contributed by atoms with Crippen molar-refractivity contribution in [2.75, 3.05) is 0 Å². The van der Waals surface area contributed by atoms with Crippen LogP contribution in [0.3, 0.4) is 0 Å². The highest BCUT2D eigenvalue weighted by Gasteiger charge is 2.20. The van der Waals surface area contributed by atoms with E-state index < -0.39 is 7.12 Å². The van der Waals surface area contributed by atoms with E-state index in [0.717, 1.165) is 77.9 Å². The predicted octanol–water partition coefficient (Wildman–Crippen LogP) is 22.8. The predicted molar refractivity (Wildman–Crippen MR) is 427 cm³/mol. The minimum Gasteiger partial charge on any atom is -0.423 e. The summed E-state index contributed by atoms with van der Waals surface area (Å²) in [6, 6.07) is 120. The van der Waals surface area contributed by atoms with Gasteiger partial charge in [-0.2, -0.15) is 9.97 Å². The van der Waals surface area contributed by atoms with Gasteiger partial charge in [-0.1, -0.05) is 328 Å². The molecule has 484 valence electrons. The molecule has 18 aromatic rings. The molecule has 8 nitrogen and oxygen atoms in total. The summed E-state index contributed by atoms with van der Waals surface area (Å²) in [6.45, 7) is 0. The Morgan fingerprint density at radius 3 is 0.980 bits per heavy atom. The summed E-state index contributed by atoms with van der Waals surface area (Å²) >= 11 is 9.99. The van der Waals surface area contributed by atoms with Crippen molar-refractivity contribution in [1.29, 1.82) is 0 Å². The second kappa shape index (κ2) is 29.3. The van der Waals surface area contributed by atoms with Crippen LogP contribution in [-0.4, -0.2) is 47.1 Å². The van der Waals surface area contributed by atoms with E-state index in [1.807, 2.05) is 108 Å². The molecular weight excluding hydrogens is 1310 g/mol. The molecule has 0 saturated heterocycles. The van der Waals surface area contributed by atoms with Crippen molar-refractivity contribution in [2.24, 2.45) is 0 Å². The minimum absolute atomic E-state index is 0.174. The molecule has 0 spiro atoms. The topological polar surface area (TPSA) is 118 Å². The minimum atomic E-state index is -1.42. The van der Waals surface area contributed by atoms with Gasteiger partial charge >= 0.3 is 7.12 Å². The van der Waals surface area contributed by atoms with Crippen LogP contribution in [0.5, 0.6) is 0 Å². The molecule has 0 aliphatic carbocycles. The van der Waals surface area contributed by atoms with Crippen molar-refractivity contribution >= 4 is 87.2 Å². The Hall–Kier alpha value is -12.2. The van der Waals surface area contributed by atoms with Crippen molar-refractivity contribution in [1.82, 2.24) is 29.9 Å². The van der Waals surface area contributed by atoms with Gasteiger partial charge in [0.25, 0.3) is 0 Å². The quantitative estimate of drug-likeness (QED) is 0.116. The molecule has 0 amide bonds. The van der Waals surface area contributed by atoms with Crippen molar-refractivity contribution in [3.63, 3.8) is 0 Å². The molecule has 4 aromatic heterocycles. The van der Waals surface area contributed by atoms with E-state index in [4.69, 9.17) is 31.5 Å². The number of thiophene rings is 2. The fourth-order valence-electron chi connectivity index (χ4n) is 13.0. The van der Waals surface area contributed by atoms with Crippen molar-refractivity contribution < 1.29 is 10.0 Å². The van der Waals surface area contributed by atoms with Gasteiger partial charge < -0.3 is 10.0 Å². The number of hydrogen-bond acceptors (Lipinski definition) is 10. The first-order valence-corrected chi connectivity index (χ1v) is 35.5. The maximum absolute atomic E-state index is 9.21. The summed E-state index contributed by atoms with van der Waals surface area (Å²) in [5.41, 5.74) is 18.7. The van der Waals surface area contributed by atoms with Gasteiger partial charge in [-0.3, -0.25) is 0 Å². The van der Waals surface area contributed by atoms with Crippen molar-refractivity contribution in [3.05, 3.63) is 357 Å². The van der Waals surface area contributed by atoms with Crippen molar-refractivity contribution in [3.8, 4) is 124 Å². The van der Waals surface area contributed by atoms with Gasteiger partial charge in [0, 0.05) is 68.2 Å². The van der Waals surface area contributed by atoms with Gasteiger partial charge in [0.2, 0.25) is 5.28 Å². The van der Waals surface area contributed by atoms with Crippen LogP contribution in [0.25, 0.3) is 164 Å². The molecular formula is C90H60BClN6O2S2. The number of fused-ring (bicyclic) bond motifs is 6. The fourth-order valence-corrected chi connectivity index (χ4v) is 15.6. The first-order chi connectivity index (χ1) is 50.3. The van der Waals surface area contributed by atoms with Crippen LogP contribution in [0, 0.1) is 0 Å². The van der Waals surface area contributed by atoms with Crippen LogP contribution in [0.4, 0.5) is 0 Å². The highest BCUT2D eigenvalue weighted by atomic mass is 35.5. The Morgan fingerprint density at radius 2 is 0.520 bits per heavy atom. The van der Waals surface area contributed by atoms with E-state index in [-0.39, 0.29) is 5.28 Å². The number of benzene rings is 14. The second-order valence-electron chi connectivity index (χ2n) is 24.4. The summed E-state index contributed by atoms with van der Waals surface area (Å²) < 4.78 is 5.16. The van der Waals surface area contributed by atoms with Crippen LogP contribution in [0.1, 0.15) is 0 Å². The molecule has 2 N–H and O–H groups in total. The molecule has 4 heterocycles. The number of aromatic nitrogens is 6. The number of hydrogen-bond donors (Lipinski definition) is 2. The van der Waals surface area contributed by atoms with Crippen LogP contribution < -0.4 is 5.46 Å². The third-order valence-electron chi connectivity index (χ3n) is 18.0. The smallest absolute Gasteiger partial charge is 0.423 e. The maximum Gasteiger partial charge on any atom is 0.488 e. The Labute approximate surface area is 603 Å². The summed E-state index contributed by atoms with van der Waals surface area (Å²) in [7, 11) is -1.42. The number of rotatable bonds is 12. The van der Waals surface area contributed by atoms with Crippen LogP contribution in [-0.2, 0) is 0 Å². The number of nitrogens with zero attached hydrogens (tertiary/aromatic N) is 6. The first-order valence-electron chi connectivity index (χ1n) is 33.5. The molecule has 0 radical (unpaired) electrons. The van der Waals surface area contributed by atoms with E-state index in [0.29, 0.717) is 34.6 Å². The highest BCUT2D eigenvalue weighted by molar-refractivity contribution is 7.26. The monoisotopic (exact) mass is 1370 g/mol. The molecule has 18 rings (SSSR count). The Kier molecular flexibility index (Phi) is 18.5. The average Bonchev–Trinajstić information content (AvgIpc) is 1.68. The van der Waals surface area contributed by atoms with Gasteiger partial charge in [0.15, 0.2) is 29.1 Å². The van der Waals surface area contributed by atoms with Gasteiger partial charge in [-0.05, 0) is 108 Å². The van der Waals surface area contributed by atoms with Crippen LogP contribution >= 0.6 is 34.3 Å². The standard InChI is InChI=1S/C45H29N3S.C27H18ClN3.C18H13BO2S/c1-3-13-30(14-4-1)34-17-11-18-35(29-34)44-46-43(47-45(48-44)40-21-8-7-19-36(40)31-15-5-2-6-16-31)33-27-25-32(26-28-33)37-22-12-23-39-38-20-9-10-24-41(38)49-42(37)39;28-27-30-25(22-15-9-14-21(18-22)19-10-3-1-4-11-19)29-26(31-27)24-17-8-7-16-23(24)20-12-5-2-6-13-20;20-19(21)13-10-8-12(9-11-13)14-5-3-6-16-15-4-1-2-7-17(15)22-18(14)16/h1-29H;1-18H;1-11,20-21H. The third-order valence-corrected chi connectivity index (χ3v) is 20.6. The first kappa shape index (κ1) is 64.5. The summed E-state index contributed by atoms with van der Waals surface area (Å²) in [4.78, 5) is 29.0. The zero-order valence-electron chi connectivity index (χ0n) is 54.8. The molecule has 0 saturated carbocycles. The molecule has 0 aliphatic rings. The van der Waals surface area contributed by atoms with Gasteiger partial charge in [0.1, 0.15) is 0 Å². The summed E-state index contributed by atoms with van der Waals surface area (Å²) in [5, 5.41) is 23.7. The zero-order valence-corrected chi connectivity index (χ0v) is 57.2. The fraction of sp³-hybridized carbons (Fsp3) is 0. The van der Waals surface area contributed by atoms with E-state index in [2.05, 4.69) is 253 Å². The molecule has 12 heteroatoms. The molecule has 0 aliphatic heterocycles. The molecule has 14 aromatic carbocycles. The number of halogens is 1. The van der Waals surface area contributed by atoms with Crippen molar-refractivity contribution in [2.45, 2.75) is 0 Å². The average molecular weight is 1370 g/mol. The van der Waals surface area contributed by atoms with Gasteiger partial charge in [-0.25, -0.2) is 19.9 Å². The zero-order chi connectivity index (χ0) is 68.7. The Bertz CT molecular complexity index is 6000. The SMILES string of the molecule is Clc1nc(-c2cccc(-c3ccccc3)c2)nc(-c2ccccc2-c2ccccc2)n1.OB(O)c1ccc(-c2cccc3c2sc2ccccc23)cc1.c1ccc(-c2cccc(-c3nc(-c4ccc(-c5cccc6c5sc5ccccc56)cc4)nc(-c4ccccc4-c4ccccc4)n3)c2)cc1. The highest BCUT2D eigenvalue weighted by Crippen LogP contribution is 2.43. The lowest BCUT2D eigenvalue weighted by molar-refractivity contribution is 0.426. The lowest BCUT2D eigenvalue weighted by Gasteiger charge is -2.13. The lowest BCUT2D eigenvalue weighted by atomic mass is 9.80. The second-order valence-corrected chi connectivity index (χ2v) is 26.9. The normalized spacial score (nSPS) is 11.1. The third kappa shape index (κ3) is 13.7. The molecule has 0 unspecified atom stereocenters. The Morgan fingerprint density at radius 1 is 0.225 bits per heavy atom. The van der Waals surface area contributed by atoms with E-state index in [9.17, 15) is 10.0 Å². The summed E-state index contributed by atoms with van der Waals surface area (Å²) in [5.74, 6) is 3.03. The van der Waals surface area contributed by atoms with E-state index in [1.54, 1.807) is 23.5 Å². The molecule has 0 fully saturated rings. The molecule has 102 heavy (non-hydrogen) atoms. The maximum atomic E-state index is 9.21. The Balaban J connectivity index is 0.000000129. The lowest BCUT2D eigenvalue weighted by Crippen LogP contribution is -2.29. The molecule has 0 atom stereocenters. The van der Waals surface area contributed by atoms with Gasteiger partial charge in [-0.15, -0.1) is 22.7 Å². The van der Waals surface area contributed by atoms with E-state index in [1.165, 1.54) is 57.0 Å². The van der Waals surface area contributed by atoms with Gasteiger partial charge in [0.05, 0.1) is 0 Å². The summed E-state index contributed by atoms with van der Waals surface area (Å²) in [6.07, 6.45) is 0. The molecule has 0 bridgehead atoms. The van der Waals surface area contributed by atoms with Crippen LogP contribution in [0.15, 0.2) is 352 Å². The van der Waals surface area contributed by atoms with Crippen LogP contribution in [0.2, 0.25) is 5.28 Å².